The molecule has 2 amide bonds. The van der Waals surface area contributed by atoms with E-state index >= 15 is 0 Å². The van der Waals surface area contributed by atoms with Crippen molar-refractivity contribution in [2.75, 3.05) is 32.4 Å². The molecule has 0 spiro atoms. The van der Waals surface area contributed by atoms with Gasteiger partial charge in [-0.05, 0) is 44.3 Å². The highest BCUT2D eigenvalue weighted by atomic mass is 32.2. The molecule has 2 saturated heterocycles. The van der Waals surface area contributed by atoms with Gasteiger partial charge >= 0.3 is 6.03 Å². The maximum absolute atomic E-state index is 12.5. The Morgan fingerprint density at radius 1 is 1.00 bits per heavy atom. The number of carbonyl (C=O) groups excluding carboxylic acids is 1. The third-order valence-corrected chi connectivity index (χ3v) is 5.47. The van der Waals surface area contributed by atoms with E-state index in [1.54, 1.807) is 0 Å². The van der Waals surface area contributed by atoms with Crippen molar-refractivity contribution in [1.82, 2.24) is 9.80 Å². The largest absolute Gasteiger partial charge is 0.325 e. The van der Waals surface area contributed by atoms with Crippen LogP contribution in [0.2, 0.25) is 0 Å². The molecule has 0 saturated carbocycles. The molecule has 2 aliphatic heterocycles. The van der Waals surface area contributed by atoms with Crippen LogP contribution in [0.25, 0.3) is 0 Å². The Bertz CT molecular complexity index is 277. The van der Waals surface area contributed by atoms with E-state index in [1.807, 2.05) is 11.8 Å². The molecule has 0 aromatic heterocycles. The van der Waals surface area contributed by atoms with E-state index in [4.69, 9.17) is 0 Å². The molecule has 2 fully saturated rings. The number of nitrogens with zero attached hydrogens (tertiary/aromatic N) is 2. The number of piperidine rings is 1. The van der Waals surface area contributed by atoms with Gasteiger partial charge in [0, 0.05) is 31.4 Å². The number of hydrogen-bond acceptors (Lipinski definition) is 2. The molecule has 4 heteroatoms. The highest BCUT2D eigenvalue weighted by molar-refractivity contribution is 7.99. The van der Waals surface area contributed by atoms with Crippen LogP contribution in [0.15, 0.2) is 0 Å². The number of thioether (sulfide) groups is 1. The molecule has 0 aromatic carbocycles. The topological polar surface area (TPSA) is 23.6 Å². The second-order valence-corrected chi connectivity index (χ2v) is 6.87. The lowest BCUT2D eigenvalue weighted by molar-refractivity contribution is 0.136. The molecule has 0 bridgehead atoms. The Labute approximate surface area is 115 Å². The van der Waals surface area contributed by atoms with E-state index in [9.17, 15) is 4.79 Å². The van der Waals surface area contributed by atoms with Crippen molar-refractivity contribution in [1.29, 1.82) is 0 Å². The predicted molar refractivity (Wildman–Crippen MR) is 78.1 cm³/mol. The van der Waals surface area contributed by atoms with Crippen LogP contribution in [0.1, 0.15) is 39.0 Å². The number of hydrogen-bond donors (Lipinski definition) is 0. The summed E-state index contributed by atoms with van der Waals surface area (Å²) < 4.78 is 0. The Kier molecular flexibility index (Phi) is 5.22. The summed E-state index contributed by atoms with van der Waals surface area (Å²) in [5.74, 6) is 0.791. The molecule has 0 radical (unpaired) electrons. The highest BCUT2D eigenvalue weighted by Gasteiger charge is 2.26. The second-order valence-electron chi connectivity index (χ2n) is 5.73. The molecule has 18 heavy (non-hydrogen) atoms. The van der Waals surface area contributed by atoms with Crippen molar-refractivity contribution in [3.63, 3.8) is 0 Å². The van der Waals surface area contributed by atoms with E-state index in [-0.39, 0.29) is 0 Å². The van der Waals surface area contributed by atoms with Crippen molar-refractivity contribution in [2.24, 2.45) is 5.92 Å². The van der Waals surface area contributed by atoms with Crippen LogP contribution < -0.4 is 0 Å². The number of carbonyl (C=O) groups is 1. The monoisotopic (exact) mass is 270 g/mol. The molecule has 0 N–H and O–H groups in total. The van der Waals surface area contributed by atoms with Crippen LogP contribution in [0, 0.1) is 5.92 Å². The minimum absolute atomic E-state index is 0.295. The Morgan fingerprint density at radius 2 is 1.61 bits per heavy atom. The fraction of sp³-hybridized carbons (Fsp3) is 0.929. The van der Waals surface area contributed by atoms with Crippen molar-refractivity contribution < 1.29 is 4.79 Å². The third-order valence-electron chi connectivity index (χ3n) is 4.33. The Balaban J connectivity index is 1.85. The molecule has 3 nitrogen and oxygen atoms in total. The molecular formula is C14H26N2OS. The highest BCUT2D eigenvalue weighted by Crippen LogP contribution is 2.23. The van der Waals surface area contributed by atoms with Crippen molar-refractivity contribution in [2.45, 2.75) is 44.3 Å². The van der Waals surface area contributed by atoms with Gasteiger partial charge in [0.2, 0.25) is 0 Å². The fourth-order valence-corrected chi connectivity index (χ4v) is 3.64. The van der Waals surface area contributed by atoms with Gasteiger partial charge in [0.1, 0.15) is 0 Å². The van der Waals surface area contributed by atoms with E-state index < -0.39 is 0 Å². The lowest BCUT2D eigenvalue weighted by Gasteiger charge is -2.34. The minimum atomic E-state index is 0.295. The molecule has 2 aliphatic rings. The second kappa shape index (κ2) is 6.69. The van der Waals surface area contributed by atoms with E-state index in [2.05, 4.69) is 23.0 Å². The summed E-state index contributed by atoms with van der Waals surface area (Å²) >= 11 is 1.96. The van der Waals surface area contributed by atoms with E-state index in [0.29, 0.717) is 6.03 Å². The summed E-state index contributed by atoms with van der Waals surface area (Å²) in [6, 6.07) is 0.295. The standard InChI is InChI=1S/C14H26N2OS/c1-12-5-9-16(10-6-12)14(17)15-8-3-4-13(18-2)7-11-15/h12-13H,3-11H2,1-2H3. The summed E-state index contributed by atoms with van der Waals surface area (Å²) in [6.07, 6.45) is 8.13. The first-order valence-corrected chi connectivity index (χ1v) is 8.56. The number of rotatable bonds is 1. The predicted octanol–water partition coefficient (Wildman–Crippen LogP) is 3.06. The van der Waals surface area contributed by atoms with Gasteiger partial charge in [-0.1, -0.05) is 6.92 Å². The van der Waals surface area contributed by atoms with Gasteiger partial charge < -0.3 is 9.80 Å². The first-order valence-electron chi connectivity index (χ1n) is 7.27. The van der Waals surface area contributed by atoms with E-state index in [1.165, 1.54) is 25.7 Å². The molecule has 104 valence electrons. The summed E-state index contributed by atoms with van der Waals surface area (Å²) in [5, 5.41) is 0.754. The van der Waals surface area contributed by atoms with Crippen molar-refractivity contribution in [3.8, 4) is 0 Å². The van der Waals surface area contributed by atoms with Crippen LogP contribution in [0.5, 0.6) is 0 Å². The van der Waals surface area contributed by atoms with Crippen molar-refractivity contribution >= 4 is 17.8 Å². The van der Waals surface area contributed by atoms with Crippen LogP contribution in [0.4, 0.5) is 4.79 Å². The zero-order chi connectivity index (χ0) is 13.0. The first kappa shape index (κ1) is 14.0. The number of urea groups is 1. The van der Waals surface area contributed by atoms with Crippen LogP contribution in [-0.4, -0.2) is 53.5 Å². The van der Waals surface area contributed by atoms with Crippen LogP contribution >= 0.6 is 11.8 Å². The van der Waals surface area contributed by atoms with E-state index in [0.717, 1.165) is 43.8 Å². The average molecular weight is 270 g/mol. The number of likely N-dealkylation sites (tertiary alicyclic amines) is 2. The Morgan fingerprint density at radius 3 is 2.28 bits per heavy atom. The summed E-state index contributed by atoms with van der Waals surface area (Å²) in [5.41, 5.74) is 0. The summed E-state index contributed by atoms with van der Waals surface area (Å²) in [7, 11) is 0. The number of amides is 2. The molecule has 2 rings (SSSR count). The van der Waals surface area contributed by atoms with Gasteiger partial charge in [0.05, 0.1) is 0 Å². The zero-order valence-corrected chi connectivity index (χ0v) is 12.5. The third kappa shape index (κ3) is 3.56. The molecule has 2 heterocycles. The Hall–Kier alpha value is -0.380. The maximum atomic E-state index is 12.5. The normalized spacial score (nSPS) is 27.1. The average Bonchev–Trinajstić information content (AvgIpc) is 2.64. The lowest BCUT2D eigenvalue weighted by atomic mass is 9.99. The SMILES string of the molecule is CSC1CCCN(C(=O)N2CCC(C)CC2)CC1. The zero-order valence-electron chi connectivity index (χ0n) is 11.7. The van der Waals surface area contributed by atoms with Crippen molar-refractivity contribution in [3.05, 3.63) is 0 Å². The smallest absolute Gasteiger partial charge is 0.319 e. The quantitative estimate of drug-likeness (QED) is 0.731. The molecule has 1 unspecified atom stereocenters. The molecule has 1 atom stereocenters. The summed E-state index contributed by atoms with van der Waals surface area (Å²) in [6.45, 7) is 6.13. The fourth-order valence-electron chi connectivity index (χ4n) is 2.89. The van der Waals surface area contributed by atoms with Gasteiger partial charge in [-0.2, -0.15) is 11.8 Å². The van der Waals surface area contributed by atoms with Crippen LogP contribution in [0.3, 0.4) is 0 Å². The minimum Gasteiger partial charge on any atom is -0.325 e. The van der Waals surface area contributed by atoms with Gasteiger partial charge in [0.15, 0.2) is 0 Å². The van der Waals surface area contributed by atoms with Crippen LogP contribution in [-0.2, 0) is 0 Å². The lowest BCUT2D eigenvalue weighted by Crippen LogP contribution is -2.46. The van der Waals surface area contributed by atoms with Gasteiger partial charge in [-0.3, -0.25) is 0 Å². The summed E-state index contributed by atoms with van der Waals surface area (Å²) in [4.78, 5) is 16.6. The first-order chi connectivity index (χ1) is 8.70. The van der Waals surface area contributed by atoms with Gasteiger partial charge in [-0.25, -0.2) is 4.79 Å². The maximum Gasteiger partial charge on any atom is 0.319 e. The van der Waals surface area contributed by atoms with Gasteiger partial charge in [-0.15, -0.1) is 0 Å². The molecule has 0 aliphatic carbocycles. The molecule has 0 aromatic rings. The van der Waals surface area contributed by atoms with Gasteiger partial charge in [0.25, 0.3) is 0 Å². The molecular weight excluding hydrogens is 244 g/mol.